The van der Waals surface area contributed by atoms with E-state index in [0.29, 0.717) is 12.1 Å². The van der Waals surface area contributed by atoms with Crippen molar-refractivity contribution in [2.24, 2.45) is 7.05 Å². The summed E-state index contributed by atoms with van der Waals surface area (Å²) in [4.78, 5) is 23.2. The summed E-state index contributed by atoms with van der Waals surface area (Å²) in [6.07, 6.45) is 0. The SMILES string of the molecule is Cc1nn(C)c2nc(-c3ccccc3)cc(C(=O)N3CCN(Cc4ccccc4)C[C@H]3C)c12. The molecular formula is C27H29N5O. The average molecular weight is 440 g/mol. The van der Waals surface area contributed by atoms with Crippen LogP contribution in [0.3, 0.4) is 0 Å². The van der Waals surface area contributed by atoms with Crippen molar-refractivity contribution >= 4 is 16.9 Å². The Morgan fingerprint density at radius 1 is 1.03 bits per heavy atom. The molecule has 0 bridgehead atoms. The lowest BCUT2D eigenvalue weighted by atomic mass is 10.0. The molecule has 1 atom stereocenters. The summed E-state index contributed by atoms with van der Waals surface area (Å²) < 4.78 is 1.77. The summed E-state index contributed by atoms with van der Waals surface area (Å²) in [6, 6.07) is 22.6. The number of pyridine rings is 1. The maximum Gasteiger partial charge on any atom is 0.255 e. The van der Waals surface area contributed by atoms with Crippen LogP contribution in [0.25, 0.3) is 22.3 Å². The number of benzene rings is 2. The third-order valence-electron chi connectivity index (χ3n) is 6.49. The Balaban J connectivity index is 1.46. The van der Waals surface area contributed by atoms with E-state index in [-0.39, 0.29) is 11.9 Å². The molecule has 168 valence electrons. The standard InChI is InChI=1S/C27H29N5O/c1-19-17-31(18-21-10-6-4-7-11-21)14-15-32(19)27(33)23-16-24(22-12-8-5-9-13-22)28-26-25(23)20(2)29-30(26)3/h4-13,16,19H,14-15,17-18H2,1-3H3/t19-/m1/s1. The van der Waals surface area contributed by atoms with E-state index in [2.05, 4.69) is 41.2 Å². The van der Waals surface area contributed by atoms with Gasteiger partial charge in [0, 0.05) is 44.8 Å². The molecule has 3 heterocycles. The van der Waals surface area contributed by atoms with Gasteiger partial charge in [-0.2, -0.15) is 5.10 Å². The molecule has 0 aliphatic carbocycles. The molecule has 1 aliphatic rings. The van der Waals surface area contributed by atoms with Crippen molar-refractivity contribution in [2.45, 2.75) is 26.4 Å². The maximum absolute atomic E-state index is 13.9. The first-order valence-electron chi connectivity index (χ1n) is 11.5. The van der Waals surface area contributed by atoms with Gasteiger partial charge >= 0.3 is 0 Å². The van der Waals surface area contributed by atoms with Gasteiger partial charge < -0.3 is 4.90 Å². The predicted octanol–water partition coefficient (Wildman–Crippen LogP) is 4.29. The summed E-state index contributed by atoms with van der Waals surface area (Å²) >= 11 is 0. The number of carbonyl (C=O) groups excluding carboxylic acids is 1. The number of amides is 1. The van der Waals surface area contributed by atoms with Crippen molar-refractivity contribution in [1.82, 2.24) is 24.6 Å². The van der Waals surface area contributed by atoms with Crippen molar-refractivity contribution in [3.8, 4) is 11.3 Å². The van der Waals surface area contributed by atoms with Crippen molar-refractivity contribution in [3.63, 3.8) is 0 Å². The number of aryl methyl sites for hydroxylation is 2. The molecule has 6 nitrogen and oxygen atoms in total. The van der Waals surface area contributed by atoms with Crippen LogP contribution in [0.4, 0.5) is 0 Å². The van der Waals surface area contributed by atoms with Crippen LogP contribution in [0.1, 0.15) is 28.5 Å². The van der Waals surface area contributed by atoms with Gasteiger partial charge in [0.1, 0.15) is 0 Å². The highest BCUT2D eigenvalue weighted by Crippen LogP contribution is 2.28. The third-order valence-corrected chi connectivity index (χ3v) is 6.49. The van der Waals surface area contributed by atoms with Gasteiger partial charge in [0.05, 0.1) is 22.3 Å². The highest BCUT2D eigenvalue weighted by Gasteiger charge is 2.30. The molecular weight excluding hydrogens is 410 g/mol. The van der Waals surface area contributed by atoms with E-state index in [1.165, 1.54) is 5.56 Å². The molecule has 1 fully saturated rings. The minimum atomic E-state index is 0.0579. The zero-order valence-electron chi connectivity index (χ0n) is 19.4. The summed E-state index contributed by atoms with van der Waals surface area (Å²) in [5.74, 6) is 0.0579. The number of hydrogen-bond donors (Lipinski definition) is 0. The number of aromatic nitrogens is 3. The minimum Gasteiger partial charge on any atom is -0.333 e. The van der Waals surface area contributed by atoms with Gasteiger partial charge in [-0.25, -0.2) is 4.98 Å². The first kappa shape index (κ1) is 21.3. The summed E-state index contributed by atoms with van der Waals surface area (Å²) in [5, 5.41) is 5.41. The Bertz CT molecular complexity index is 1280. The average Bonchev–Trinajstić information content (AvgIpc) is 3.13. The van der Waals surface area contributed by atoms with E-state index in [1.807, 2.05) is 61.3 Å². The van der Waals surface area contributed by atoms with Crippen LogP contribution in [0.5, 0.6) is 0 Å². The van der Waals surface area contributed by atoms with Crippen LogP contribution in [0.15, 0.2) is 66.7 Å². The van der Waals surface area contributed by atoms with Gasteiger partial charge in [-0.1, -0.05) is 60.7 Å². The molecule has 2 aromatic heterocycles. The molecule has 2 aromatic carbocycles. The molecule has 0 spiro atoms. The van der Waals surface area contributed by atoms with Gasteiger partial charge in [0.2, 0.25) is 0 Å². The number of piperazine rings is 1. The van der Waals surface area contributed by atoms with E-state index in [1.54, 1.807) is 4.68 Å². The molecule has 0 unspecified atom stereocenters. The summed E-state index contributed by atoms with van der Waals surface area (Å²) in [5.41, 5.74) is 5.36. The minimum absolute atomic E-state index is 0.0579. The monoisotopic (exact) mass is 439 g/mol. The molecule has 0 N–H and O–H groups in total. The highest BCUT2D eigenvalue weighted by atomic mass is 16.2. The zero-order chi connectivity index (χ0) is 22.9. The fourth-order valence-electron chi connectivity index (χ4n) is 4.85. The van der Waals surface area contributed by atoms with Crippen molar-refractivity contribution in [1.29, 1.82) is 0 Å². The normalized spacial score (nSPS) is 16.9. The fraction of sp³-hybridized carbons (Fsp3) is 0.296. The van der Waals surface area contributed by atoms with Crippen LogP contribution < -0.4 is 0 Å². The molecule has 4 aromatic rings. The lowest BCUT2D eigenvalue weighted by Gasteiger charge is -2.40. The quantitative estimate of drug-likeness (QED) is 0.476. The molecule has 0 radical (unpaired) electrons. The topological polar surface area (TPSA) is 54.3 Å². The van der Waals surface area contributed by atoms with Crippen molar-refractivity contribution < 1.29 is 4.79 Å². The van der Waals surface area contributed by atoms with Crippen molar-refractivity contribution in [3.05, 3.63) is 83.6 Å². The lowest BCUT2D eigenvalue weighted by molar-refractivity contribution is 0.0477. The summed E-state index contributed by atoms with van der Waals surface area (Å²) in [7, 11) is 1.89. The predicted molar refractivity (Wildman–Crippen MR) is 131 cm³/mol. The largest absolute Gasteiger partial charge is 0.333 e. The van der Waals surface area contributed by atoms with Gasteiger partial charge in [0.25, 0.3) is 5.91 Å². The molecule has 1 aliphatic heterocycles. The first-order chi connectivity index (χ1) is 16.0. The number of rotatable bonds is 4. The molecule has 1 saturated heterocycles. The Morgan fingerprint density at radius 3 is 2.42 bits per heavy atom. The van der Waals surface area contributed by atoms with E-state index in [0.717, 1.165) is 47.6 Å². The van der Waals surface area contributed by atoms with Crippen LogP contribution >= 0.6 is 0 Å². The molecule has 1 amide bonds. The number of hydrogen-bond acceptors (Lipinski definition) is 4. The van der Waals surface area contributed by atoms with Gasteiger partial charge in [0.15, 0.2) is 5.65 Å². The van der Waals surface area contributed by atoms with E-state index < -0.39 is 0 Å². The molecule has 0 saturated carbocycles. The lowest BCUT2D eigenvalue weighted by Crippen LogP contribution is -2.53. The second kappa shape index (κ2) is 8.79. The van der Waals surface area contributed by atoms with E-state index in [4.69, 9.17) is 4.98 Å². The van der Waals surface area contributed by atoms with Gasteiger partial charge in [-0.15, -0.1) is 0 Å². The smallest absolute Gasteiger partial charge is 0.255 e. The maximum atomic E-state index is 13.9. The van der Waals surface area contributed by atoms with Crippen LogP contribution in [0, 0.1) is 6.92 Å². The van der Waals surface area contributed by atoms with Crippen molar-refractivity contribution in [2.75, 3.05) is 19.6 Å². The molecule has 33 heavy (non-hydrogen) atoms. The Labute approximate surface area is 194 Å². The Kier molecular flexibility index (Phi) is 5.68. The van der Waals surface area contributed by atoms with Gasteiger partial charge in [-0.3, -0.25) is 14.4 Å². The second-order valence-electron chi connectivity index (χ2n) is 8.90. The fourth-order valence-corrected chi connectivity index (χ4v) is 4.85. The van der Waals surface area contributed by atoms with Crippen LogP contribution in [0.2, 0.25) is 0 Å². The van der Waals surface area contributed by atoms with Crippen LogP contribution in [-0.2, 0) is 13.6 Å². The molecule has 5 rings (SSSR count). The summed E-state index contributed by atoms with van der Waals surface area (Å²) in [6.45, 7) is 7.41. The number of nitrogens with zero attached hydrogens (tertiary/aromatic N) is 5. The Morgan fingerprint density at radius 2 is 1.73 bits per heavy atom. The van der Waals surface area contributed by atoms with E-state index in [9.17, 15) is 4.79 Å². The first-order valence-corrected chi connectivity index (χ1v) is 11.5. The second-order valence-corrected chi connectivity index (χ2v) is 8.90. The number of fused-ring (bicyclic) bond motifs is 1. The zero-order valence-corrected chi connectivity index (χ0v) is 19.4. The third kappa shape index (κ3) is 4.14. The highest BCUT2D eigenvalue weighted by molar-refractivity contribution is 6.07. The number of carbonyl (C=O) groups is 1. The van der Waals surface area contributed by atoms with E-state index >= 15 is 0 Å². The van der Waals surface area contributed by atoms with Crippen LogP contribution in [-0.4, -0.2) is 56.1 Å². The van der Waals surface area contributed by atoms with Gasteiger partial charge in [-0.05, 0) is 25.5 Å². The Hall–Kier alpha value is -3.51. The molecule has 6 heteroatoms.